The number of nitrogens with zero attached hydrogens (tertiary/aromatic N) is 2. The number of aryl methyl sites for hydroxylation is 1. The third-order valence-corrected chi connectivity index (χ3v) is 2.93. The Hall–Kier alpha value is -1.95. The summed E-state index contributed by atoms with van der Waals surface area (Å²) in [6, 6.07) is 2.69. The highest BCUT2D eigenvalue weighted by molar-refractivity contribution is 6.31. The molecule has 19 heavy (non-hydrogen) atoms. The maximum absolute atomic E-state index is 13.9. The Kier molecular flexibility index (Phi) is 3.80. The quantitative estimate of drug-likeness (QED) is 0.880. The van der Waals surface area contributed by atoms with Crippen LogP contribution in [0.1, 0.15) is 23.0 Å². The SMILES string of the molecule is CCOC(=O)c1n[nH]nc1-c1cc(C)c(Cl)cc1F. The van der Waals surface area contributed by atoms with Gasteiger partial charge in [0, 0.05) is 10.6 Å². The van der Waals surface area contributed by atoms with Gasteiger partial charge in [0.25, 0.3) is 0 Å². The molecule has 0 amide bonds. The first-order valence-electron chi connectivity index (χ1n) is 5.58. The largest absolute Gasteiger partial charge is 0.461 e. The molecule has 0 aliphatic carbocycles. The maximum Gasteiger partial charge on any atom is 0.361 e. The lowest BCUT2D eigenvalue weighted by Gasteiger charge is -2.05. The Morgan fingerprint density at radius 1 is 1.47 bits per heavy atom. The number of carbonyl (C=O) groups excluding carboxylic acids is 1. The molecule has 0 saturated heterocycles. The van der Waals surface area contributed by atoms with E-state index >= 15 is 0 Å². The molecule has 0 aliphatic heterocycles. The standard InChI is InChI=1S/C12H11ClFN3O2/c1-3-19-12(18)11-10(15-17-16-11)7-4-6(2)8(13)5-9(7)14/h4-5H,3H2,1-2H3,(H,15,16,17). The van der Waals surface area contributed by atoms with E-state index in [1.165, 1.54) is 12.1 Å². The van der Waals surface area contributed by atoms with E-state index in [0.29, 0.717) is 10.6 Å². The van der Waals surface area contributed by atoms with Crippen molar-refractivity contribution in [2.75, 3.05) is 6.61 Å². The zero-order valence-electron chi connectivity index (χ0n) is 10.3. The van der Waals surface area contributed by atoms with Crippen LogP contribution in [0.15, 0.2) is 12.1 Å². The van der Waals surface area contributed by atoms with Gasteiger partial charge in [-0.25, -0.2) is 9.18 Å². The molecule has 2 rings (SSSR count). The number of benzene rings is 1. The number of nitrogens with one attached hydrogen (secondary N) is 1. The number of hydrogen-bond acceptors (Lipinski definition) is 4. The van der Waals surface area contributed by atoms with Gasteiger partial charge in [-0.2, -0.15) is 10.3 Å². The molecule has 0 radical (unpaired) electrons. The van der Waals surface area contributed by atoms with Gasteiger partial charge in [0.1, 0.15) is 11.5 Å². The van der Waals surface area contributed by atoms with Crippen molar-refractivity contribution < 1.29 is 13.9 Å². The monoisotopic (exact) mass is 283 g/mol. The molecule has 1 heterocycles. The predicted molar refractivity (Wildman–Crippen MR) is 67.5 cm³/mol. The van der Waals surface area contributed by atoms with E-state index in [2.05, 4.69) is 15.4 Å². The molecule has 0 atom stereocenters. The first kappa shape index (κ1) is 13.5. The van der Waals surface area contributed by atoms with Gasteiger partial charge >= 0.3 is 5.97 Å². The second-order valence-electron chi connectivity index (χ2n) is 3.82. The Morgan fingerprint density at radius 2 is 2.21 bits per heavy atom. The van der Waals surface area contributed by atoms with Gasteiger partial charge in [-0.05, 0) is 31.5 Å². The molecule has 7 heteroatoms. The van der Waals surface area contributed by atoms with Crippen molar-refractivity contribution in [3.05, 3.63) is 34.2 Å². The lowest BCUT2D eigenvalue weighted by molar-refractivity contribution is 0.0520. The van der Waals surface area contributed by atoms with Crippen molar-refractivity contribution in [1.29, 1.82) is 0 Å². The van der Waals surface area contributed by atoms with Crippen molar-refractivity contribution >= 4 is 17.6 Å². The topological polar surface area (TPSA) is 67.9 Å². The van der Waals surface area contributed by atoms with Crippen molar-refractivity contribution in [3.63, 3.8) is 0 Å². The molecular formula is C12H11ClFN3O2. The van der Waals surface area contributed by atoms with Crippen LogP contribution in [0.25, 0.3) is 11.3 Å². The van der Waals surface area contributed by atoms with Crippen LogP contribution < -0.4 is 0 Å². The summed E-state index contributed by atoms with van der Waals surface area (Å²) in [6.45, 7) is 3.60. The summed E-state index contributed by atoms with van der Waals surface area (Å²) < 4.78 is 18.7. The first-order chi connectivity index (χ1) is 9.04. The third-order valence-electron chi connectivity index (χ3n) is 2.52. The van der Waals surface area contributed by atoms with Crippen LogP contribution in [-0.4, -0.2) is 28.0 Å². The lowest BCUT2D eigenvalue weighted by atomic mass is 10.1. The van der Waals surface area contributed by atoms with Crippen LogP contribution in [0.2, 0.25) is 5.02 Å². The van der Waals surface area contributed by atoms with Gasteiger partial charge in [-0.1, -0.05) is 11.6 Å². The number of hydrogen-bond donors (Lipinski definition) is 1. The van der Waals surface area contributed by atoms with E-state index in [1.807, 2.05) is 0 Å². The normalized spacial score (nSPS) is 10.5. The van der Waals surface area contributed by atoms with E-state index in [-0.39, 0.29) is 23.6 Å². The summed E-state index contributed by atoms with van der Waals surface area (Å²) in [5, 5.41) is 10.1. The minimum absolute atomic E-state index is 0.0533. The number of halogens is 2. The fourth-order valence-corrected chi connectivity index (χ4v) is 1.75. The first-order valence-corrected chi connectivity index (χ1v) is 5.96. The highest BCUT2D eigenvalue weighted by Crippen LogP contribution is 2.28. The Bertz CT molecular complexity index is 627. The second-order valence-corrected chi connectivity index (χ2v) is 4.23. The second kappa shape index (κ2) is 5.36. The summed E-state index contributed by atoms with van der Waals surface area (Å²) in [6.07, 6.45) is 0. The van der Waals surface area contributed by atoms with Crippen LogP contribution >= 0.6 is 11.6 Å². The number of H-pyrrole nitrogens is 1. The molecule has 0 unspecified atom stereocenters. The van der Waals surface area contributed by atoms with Crippen molar-refractivity contribution in [1.82, 2.24) is 15.4 Å². The predicted octanol–water partition coefficient (Wildman–Crippen LogP) is 2.75. The zero-order chi connectivity index (χ0) is 14.0. The van der Waals surface area contributed by atoms with E-state index < -0.39 is 11.8 Å². The van der Waals surface area contributed by atoms with Gasteiger partial charge < -0.3 is 4.74 Å². The molecule has 0 bridgehead atoms. The summed E-state index contributed by atoms with van der Waals surface area (Å²) in [4.78, 5) is 11.7. The molecular weight excluding hydrogens is 273 g/mol. The maximum atomic E-state index is 13.9. The van der Waals surface area contributed by atoms with E-state index in [0.717, 1.165) is 0 Å². The van der Waals surface area contributed by atoms with Crippen molar-refractivity contribution in [2.24, 2.45) is 0 Å². The van der Waals surface area contributed by atoms with E-state index in [4.69, 9.17) is 16.3 Å². The average molecular weight is 284 g/mol. The third kappa shape index (κ3) is 2.58. The summed E-state index contributed by atoms with van der Waals surface area (Å²) in [5.74, 6) is -1.23. The van der Waals surface area contributed by atoms with Crippen LogP contribution in [0.5, 0.6) is 0 Å². The summed E-state index contributed by atoms with van der Waals surface area (Å²) >= 11 is 5.82. The minimum Gasteiger partial charge on any atom is -0.461 e. The Labute approximate surface area is 113 Å². The number of carbonyl (C=O) groups is 1. The fraction of sp³-hybridized carbons (Fsp3) is 0.250. The van der Waals surface area contributed by atoms with Gasteiger partial charge in [0.15, 0.2) is 5.69 Å². The number of aromatic nitrogens is 3. The van der Waals surface area contributed by atoms with Crippen LogP contribution in [0, 0.1) is 12.7 Å². The van der Waals surface area contributed by atoms with Gasteiger partial charge in [0.05, 0.1) is 6.61 Å². The zero-order valence-corrected chi connectivity index (χ0v) is 11.1. The molecule has 0 fully saturated rings. The molecule has 1 aromatic carbocycles. The molecule has 5 nitrogen and oxygen atoms in total. The number of esters is 1. The molecule has 0 aliphatic rings. The number of rotatable bonds is 3. The molecule has 0 saturated carbocycles. The van der Waals surface area contributed by atoms with Crippen LogP contribution in [0.3, 0.4) is 0 Å². The molecule has 0 spiro atoms. The summed E-state index contributed by atoms with van der Waals surface area (Å²) in [5.41, 5.74) is 0.882. The fourth-order valence-electron chi connectivity index (χ4n) is 1.60. The Balaban J connectivity index is 2.51. The van der Waals surface area contributed by atoms with Gasteiger partial charge in [-0.15, -0.1) is 5.10 Å². The van der Waals surface area contributed by atoms with Crippen LogP contribution in [0.4, 0.5) is 4.39 Å². The van der Waals surface area contributed by atoms with Crippen LogP contribution in [-0.2, 0) is 4.74 Å². The van der Waals surface area contributed by atoms with Gasteiger partial charge in [0.2, 0.25) is 0 Å². The molecule has 100 valence electrons. The van der Waals surface area contributed by atoms with Crippen molar-refractivity contribution in [3.8, 4) is 11.3 Å². The lowest BCUT2D eigenvalue weighted by Crippen LogP contribution is -2.07. The minimum atomic E-state index is -0.654. The Morgan fingerprint density at radius 3 is 2.89 bits per heavy atom. The van der Waals surface area contributed by atoms with E-state index in [9.17, 15) is 9.18 Å². The highest BCUT2D eigenvalue weighted by Gasteiger charge is 2.22. The van der Waals surface area contributed by atoms with E-state index in [1.54, 1.807) is 13.8 Å². The average Bonchev–Trinajstić information content (AvgIpc) is 2.83. The van der Waals surface area contributed by atoms with Gasteiger partial charge in [-0.3, -0.25) is 0 Å². The smallest absolute Gasteiger partial charge is 0.361 e. The highest BCUT2D eigenvalue weighted by atomic mass is 35.5. The molecule has 1 aromatic heterocycles. The van der Waals surface area contributed by atoms with Crippen molar-refractivity contribution in [2.45, 2.75) is 13.8 Å². The number of aromatic amines is 1. The molecule has 2 aromatic rings. The number of ether oxygens (including phenoxy) is 1. The molecule has 1 N–H and O–H groups in total. The summed E-state index contributed by atoms with van der Waals surface area (Å²) in [7, 11) is 0.